The van der Waals surface area contributed by atoms with Crippen molar-refractivity contribution in [2.24, 2.45) is 5.92 Å². The van der Waals surface area contributed by atoms with Crippen LogP contribution in [0, 0.1) is 12.0 Å². The molecule has 1 amide bonds. The molecule has 0 aliphatic heterocycles. The van der Waals surface area contributed by atoms with Gasteiger partial charge in [0.15, 0.2) is 0 Å². The van der Waals surface area contributed by atoms with E-state index >= 15 is 0 Å². The zero-order valence-corrected chi connectivity index (χ0v) is 8.12. The molecule has 1 N–H and O–H groups in total. The third-order valence-corrected chi connectivity index (χ3v) is 2.70. The van der Waals surface area contributed by atoms with Gasteiger partial charge >= 0.3 is 0 Å². The average molecular weight is 188 g/mol. The van der Waals surface area contributed by atoms with Gasteiger partial charge < -0.3 is 5.32 Å². The molecular weight excluding hydrogens is 174 g/mol. The van der Waals surface area contributed by atoms with Gasteiger partial charge in [0.05, 0.1) is 0 Å². The molecule has 0 bridgehead atoms. The predicted octanol–water partition coefficient (Wildman–Crippen LogP) is 2.62. The van der Waals surface area contributed by atoms with Gasteiger partial charge in [-0.1, -0.05) is 25.0 Å². The van der Waals surface area contributed by atoms with Crippen LogP contribution in [0.3, 0.4) is 0 Å². The van der Waals surface area contributed by atoms with Crippen molar-refractivity contribution < 1.29 is 4.79 Å². The summed E-state index contributed by atoms with van der Waals surface area (Å²) in [6.07, 6.45) is 4.47. The van der Waals surface area contributed by atoms with Crippen molar-refractivity contribution in [2.75, 3.05) is 5.32 Å². The summed E-state index contributed by atoms with van der Waals surface area (Å²) >= 11 is 0. The lowest BCUT2D eigenvalue weighted by Gasteiger charge is -2.09. The van der Waals surface area contributed by atoms with Crippen molar-refractivity contribution in [3.05, 3.63) is 30.3 Å². The Kier molecular flexibility index (Phi) is 2.82. The second kappa shape index (κ2) is 4.27. The largest absolute Gasteiger partial charge is 0.326 e. The summed E-state index contributed by atoms with van der Waals surface area (Å²) in [5, 5.41) is 2.91. The smallest absolute Gasteiger partial charge is 0.227 e. The van der Waals surface area contributed by atoms with E-state index in [4.69, 9.17) is 0 Å². The van der Waals surface area contributed by atoms with Gasteiger partial charge in [0, 0.05) is 11.6 Å². The van der Waals surface area contributed by atoms with Gasteiger partial charge in [-0.05, 0) is 31.0 Å². The van der Waals surface area contributed by atoms with E-state index in [0.717, 1.165) is 18.5 Å². The fourth-order valence-corrected chi connectivity index (χ4v) is 1.90. The molecule has 1 aliphatic carbocycles. The average Bonchev–Trinajstić information content (AvgIpc) is 2.72. The molecule has 2 heteroatoms. The van der Waals surface area contributed by atoms with Crippen molar-refractivity contribution >= 4 is 11.6 Å². The van der Waals surface area contributed by atoms with Crippen LogP contribution in [0.1, 0.15) is 25.7 Å². The Morgan fingerprint density at radius 1 is 1.43 bits per heavy atom. The SMILES string of the molecule is O=C(Nc1c[c]ccc1)C1CCCC1. The molecule has 1 saturated carbocycles. The Bertz CT molecular complexity index is 301. The van der Waals surface area contributed by atoms with Crippen molar-refractivity contribution in [2.45, 2.75) is 25.7 Å². The zero-order valence-electron chi connectivity index (χ0n) is 8.12. The zero-order chi connectivity index (χ0) is 9.80. The highest BCUT2D eigenvalue weighted by atomic mass is 16.1. The maximum atomic E-state index is 11.7. The minimum atomic E-state index is 0.169. The minimum absolute atomic E-state index is 0.169. The Balaban J connectivity index is 1.94. The number of carbonyl (C=O) groups is 1. The highest BCUT2D eigenvalue weighted by molar-refractivity contribution is 5.92. The summed E-state index contributed by atoms with van der Waals surface area (Å²) in [5.41, 5.74) is 0.851. The second-order valence-electron chi connectivity index (χ2n) is 3.76. The first-order valence-electron chi connectivity index (χ1n) is 5.13. The van der Waals surface area contributed by atoms with Crippen molar-refractivity contribution in [1.82, 2.24) is 0 Å². The van der Waals surface area contributed by atoms with E-state index in [1.165, 1.54) is 12.8 Å². The molecule has 0 heterocycles. The van der Waals surface area contributed by atoms with Crippen LogP contribution in [0.5, 0.6) is 0 Å². The molecule has 1 radical (unpaired) electrons. The van der Waals surface area contributed by atoms with Crippen LogP contribution in [-0.4, -0.2) is 5.91 Å². The van der Waals surface area contributed by atoms with E-state index in [2.05, 4.69) is 11.4 Å². The van der Waals surface area contributed by atoms with Gasteiger partial charge in [-0.3, -0.25) is 4.79 Å². The summed E-state index contributed by atoms with van der Waals surface area (Å²) in [5.74, 6) is 0.400. The van der Waals surface area contributed by atoms with E-state index in [9.17, 15) is 4.79 Å². The number of carbonyl (C=O) groups excluding carboxylic acids is 1. The third kappa shape index (κ3) is 2.13. The molecule has 0 aromatic heterocycles. The van der Waals surface area contributed by atoms with E-state index in [1.54, 1.807) is 6.07 Å². The Morgan fingerprint density at radius 3 is 2.86 bits per heavy atom. The quantitative estimate of drug-likeness (QED) is 0.759. The summed E-state index contributed by atoms with van der Waals surface area (Å²) in [6.45, 7) is 0. The monoisotopic (exact) mass is 188 g/mol. The molecule has 2 rings (SSSR count). The number of nitrogens with one attached hydrogen (secondary N) is 1. The molecule has 2 nitrogen and oxygen atoms in total. The van der Waals surface area contributed by atoms with Gasteiger partial charge in [-0.2, -0.15) is 0 Å². The molecule has 0 spiro atoms. The Morgan fingerprint density at radius 2 is 2.21 bits per heavy atom. The van der Waals surface area contributed by atoms with Crippen LogP contribution >= 0.6 is 0 Å². The van der Waals surface area contributed by atoms with E-state index < -0.39 is 0 Å². The van der Waals surface area contributed by atoms with Gasteiger partial charge in [-0.15, -0.1) is 0 Å². The standard InChI is InChI=1S/C12H14NO/c14-12(10-6-4-5-7-10)13-11-8-2-1-3-9-11/h1-2,8-10H,4-7H2,(H,13,14). The van der Waals surface area contributed by atoms with Crippen molar-refractivity contribution in [3.63, 3.8) is 0 Å². The Labute approximate surface area is 84.3 Å². The van der Waals surface area contributed by atoms with Crippen LogP contribution in [-0.2, 0) is 4.79 Å². The molecule has 1 aromatic carbocycles. The van der Waals surface area contributed by atoms with Gasteiger partial charge in [-0.25, -0.2) is 0 Å². The molecule has 1 fully saturated rings. The number of anilines is 1. The first-order valence-corrected chi connectivity index (χ1v) is 5.13. The minimum Gasteiger partial charge on any atom is -0.326 e. The lowest BCUT2D eigenvalue weighted by Crippen LogP contribution is -2.20. The summed E-state index contributed by atoms with van der Waals surface area (Å²) < 4.78 is 0. The lowest BCUT2D eigenvalue weighted by atomic mass is 10.1. The molecule has 73 valence electrons. The number of benzene rings is 1. The van der Waals surface area contributed by atoms with Crippen molar-refractivity contribution in [1.29, 1.82) is 0 Å². The van der Waals surface area contributed by atoms with E-state index in [0.29, 0.717) is 0 Å². The molecule has 1 aliphatic rings. The maximum Gasteiger partial charge on any atom is 0.227 e. The number of rotatable bonds is 2. The maximum absolute atomic E-state index is 11.7. The summed E-state index contributed by atoms with van der Waals surface area (Å²) in [4.78, 5) is 11.7. The second-order valence-corrected chi connectivity index (χ2v) is 3.76. The number of hydrogen-bond donors (Lipinski definition) is 1. The number of amides is 1. The van der Waals surface area contributed by atoms with E-state index in [1.807, 2.05) is 18.2 Å². The fraction of sp³-hybridized carbons (Fsp3) is 0.417. The summed E-state index contributed by atoms with van der Waals surface area (Å²) in [7, 11) is 0. The van der Waals surface area contributed by atoms with Gasteiger partial charge in [0.1, 0.15) is 0 Å². The van der Waals surface area contributed by atoms with Crippen LogP contribution in [0.25, 0.3) is 0 Å². The lowest BCUT2D eigenvalue weighted by molar-refractivity contribution is -0.119. The Hall–Kier alpha value is -1.31. The highest BCUT2D eigenvalue weighted by Crippen LogP contribution is 2.25. The van der Waals surface area contributed by atoms with Crippen LogP contribution in [0.4, 0.5) is 5.69 Å². The van der Waals surface area contributed by atoms with Crippen LogP contribution in [0.15, 0.2) is 24.3 Å². The van der Waals surface area contributed by atoms with E-state index in [-0.39, 0.29) is 11.8 Å². The third-order valence-electron chi connectivity index (χ3n) is 2.70. The molecule has 0 atom stereocenters. The molecule has 0 unspecified atom stereocenters. The van der Waals surface area contributed by atoms with Crippen LogP contribution in [0.2, 0.25) is 0 Å². The summed E-state index contributed by atoms with van der Waals surface area (Å²) in [6, 6.07) is 10.3. The first-order chi connectivity index (χ1) is 6.86. The van der Waals surface area contributed by atoms with Gasteiger partial charge in [0.2, 0.25) is 5.91 Å². The van der Waals surface area contributed by atoms with Gasteiger partial charge in [0.25, 0.3) is 0 Å². The number of hydrogen-bond acceptors (Lipinski definition) is 1. The molecule has 0 saturated heterocycles. The fourth-order valence-electron chi connectivity index (χ4n) is 1.90. The normalized spacial score (nSPS) is 16.9. The molecule has 1 aromatic rings. The first kappa shape index (κ1) is 9.25. The van der Waals surface area contributed by atoms with Crippen molar-refractivity contribution in [3.8, 4) is 0 Å². The van der Waals surface area contributed by atoms with Crippen LogP contribution < -0.4 is 5.32 Å². The molecular formula is C12H14NO. The topological polar surface area (TPSA) is 29.1 Å². The predicted molar refractivity (Wildman–Crippen MR) is 55.9 cm³/mol. The molecule has 14 heavy (non-hydrogen) atoms. The highest BCUT2D eigenvalue weighted by Gasteiger charge is 2.22.